The van der Waals surface area contributed by atoms with Gasteiger partial charge < -0.3 is 19.5 Å². The monoisotopic (exact) mass is 441 g/mol. The lowest BCUT2D eigenvalue weighted by atomic mass is 9.74. The molecule has 1 aliphatic carbocycles. The third-order valence-corrected chi connectivity index (χ3v) is 6.34. The van der Waals surface area contributed by atoms with Crippen molar-refractivity contribution in [2.45, 2.75) is 85.5 Å². The van der Waals surface area contributed by atoms with Gasteiger partial charge in [-0.3, -0.25) is 4.79 Å². The molecule has 2 aromatic rings. The maximum atomic E-state index is 13.3. The number of morpholine rings is 1. The van der Waals surface area contributed by atoms with Crippen LogP contribution in [0.5, 0.6) is 0 Å². The van der Waals surface area contributed by atoms with Crippen LogP contribution in [0, 0.1) is 12.3 Å². The highest BCUT2D eigenvalue weighted by molar-refractivity contribution is 5.96. The molecule has 3 heterocycles. The molecular formula is C24H35N5O3. The summed E-state index contributed by atoms with van der Waals surface area (Å²) >= 11 is 0. The Morgan fingerprint density at radius 1 is 1.25 bits per heavy atom. The molecule has 2 aromatic heterocycles. The molecule has 1 fully saturated rings. The molecule has 0 aromatic carbocycles. The molecule has 0 bridgehead atoms. The number of anilines is 1. The number of rotatable bonds is 4. The predicted molar refractivity (Wildman–Crippen MR) is 122 cm³/mol. The Hall–Kier alpha value is -2.48. The van der Waals surface area contributed by atoms with E-state index in [1.807, 2.05) is 20.0 Å². The molecule has 174 valence electrons. The van der Waals surface area contributed by atoms with Crippen LogP contribution in [0.25, 0.3) is 0 Å². The van der Waals surface area contributed by atoms with E-state index in [1.165, 1.54) is 0 Å². The number of aryl methyl sites for hydroxylation is 1. The molecular weight excluding hydrogens is 406 g/mol. The van der Waals surface area contributed by atoms with Crippen LogP contribution in [0.15, 0.2) is 10.7 Å². The number of aromatic nitrogens is 3. The zero-order valence-electron chi connectivity index (χ0n) is 20.2. The highest BCUT2D eigenvalue weighted by atomic mass is 16.5. The molecule has 0 spiro atoms. The third kappa shape index (κ3) is 4.51. The lowest BCUT2D eigenvalue weighted by molar-refractivity contribution is -0.00575. The molecule has 1 amide bonds. The molecule has 1 saturated heterocycles. The van der Waals surface area contributed by atoms with Crippen molar-refractivity contribution in [1.29, 1.82) is 0 Å². The Kier molecular flexibility index (Phi) is 6.00. The Labute approximate surface area is 190 Å². The molecule has 2 aliphatic rings. The van der Waals surface area contributed by atoms with Gasteiger partial charge in [0, 0.05) is 24.8 Å². The number of nitrogens with zero attached hydrogens (tertiary/aromatic N) is 4. The van der Waals surface area contributed by atoms with E-state index >= 15 is 0 Å². The van der Waals surface area contributed by atoms with E-state index in [4.69, 9.17) is 19.2 Å². The average Bonchev–Trinajstić information content (AvgIpc) is 3.07. The second kappa shape index (κ2) is 8.46. The maximum absolute atomic E-state index is 13.3. The van der Waals surface area contributed by atoms with Crippen LogP contribution in [0.1, 0.15) is 93.0 Å². The Bertz CT molecular complexity index is 990. The first kappa shape index (κ1) is 22.7. The minimum atomic E-state index is -0.160. The summed E-state index contributed by atoms with van der Waals surface area (Å²) in [6.45, 7) is 16.0. The number of hydrogen-bond acceptors (Lipinski definition) is 7. The molecule has 1 aliphatic heterocycles. The van der Waals surface area contributed by atoms with E-state index in [2.05, 4.69) is 43.1 Å². The van der Waals surface area contributed by atoms with E-state index in [0.29, 0.717) is 17.0 Å². The van der Waals surface area contributed by atoms with Crippen LogP contribution in [0.3, 0.4) is 0 Å². The van der Waals surface area contributed by atoms with Crippen LogP contribution in [-0.2, 0) is 11.2 Å². The van der Waals surface area contributed by atoms with Gasteiger partial charge in [-0.25, -0.2) is 9.97 Å². The number of ether oxygens (including phenoxy) is 1. The van der Waals surface area contributed by atoms with Crippen molar-refractivity contribution in [2.75, 3.05) is 18.0 Å². The van der Waals surface area contributed by atoms with Crippen LogP contribution < -0.4 is 10.2 Å². The number of fused-ring (bicyclic) bond motifs is 1. The molecule has 8 heteroatoms. The highest BCUT2D eigenvalue weighted by Gasteiger charge is 2.36. The lowest BCUT2D eigenvalue weighted by Crippen LogP contribution is -2.46. The van der Waals surface area contributed by atoms with Gasteiger partial charge in [-0.05, 0) is 44.9 Å². The summed E-state index contributed by atoms with van der Waals surface area (Å²) in [6.07, 6.45) is 3.85. The quantitative estimate of drug-likeness (QED) is 0.768. The molecule has 0 radical (unpaired) electrons. The minimum absolute atomic E-state index is 0.00668. The second-order valence-corrected chi connectivity index (χ2v) is 10.5. The van der Waals surface area contributed by atoms with Gasteiger partial charge >= 0.3 is 0 Å². The van der Waals surface area contributed by atoms with E-state index in [1.54, 1.807) is 6.92 Å². The van der Waals surface area contributed by atoms with E-state index < -0.39 is 0 Å². The number of nitrogens with one attached hydrogen (secondary N) is 1. The van der Waals surface area contributed by atoms with Crippen LogP contribution in [0.2, 0.25) is 0 Å². The summed E-state index contributed by atoms with van der Waals surface area (Å²) in [5.74, 6) is 1.24. The van der Waals surface area contributed by atoms with Crippen LogP contribution >= 0.6 is 0 Å². The first-order valence-electron chi connectivity index (χ1n) is 11.6. The van der Waals surface area contributed by atoms with Crippen molar-refractivity contribution in [1.82, 2.24) is 20.4 Å². The zero-order valence-corrected chi connectivity index (χ0v) is 20.2. The molecule has 0 saturated carbocycles. The minimum Gasteiger partial charge on any atom is -0.372 e. The van der Waals surface area contributed by atoms with Gasteiger partial charge in [-0.1, -0.05) is 32.9 Å². The topological polar surface area (TPSA) is 93.4 Å². The zero-order chi connectivity index (χ0) is 23.2. The van der Waals surface area contributed by atoms with E-state index in [0.717, 1.165) is 43.1 Å². The molecule has 3 atom stereocenters. The van der Waals surface area contributed by atoms with Crippen molar-refractivity contribution in [3.8, 4) is 0 Å². The summed E-state index contributed by atoms with van der Waals surface area (Å²) < 4.78 is 11.2. The first-order valence-corrected chi connectivity index (χ1v) is 11.6. The average molecular weight is 442 g/mol. The fraction of sp³-hybridized carbons (Fsp3) is 0.667. The Balaban J connectivity index is 1.62. The molecule has 32 heavy (non-hydrogen) atoms. The summed E-state index contributed by atoms with van der Waals surface area (Å²) in [5.41, 5.74) is 3.24. The number of amides is 1. The summed E-state index contributed by atoms with van der Waals surface area (Å²) in [6, 6.07) is -0.160. The van der Waals surface area contributed by atoms with Gasteiger partial charge in [0.05, 0.1) is 29.6 Å². The molecule has 4 rings (SSSR count). The number of carbonyl (C=O) groups is 1. The smallest absolute Gasteiger partial charge is 0.257 e. The maximum Gasteiger partial charge on any atom is 0.257 e. The van der Waals surface area contributed by atoms with Crippen molar-refractivity contribution < 1.29 is 14.1 Å². The van der Waals surface area contributed by atoms with Gasteiger partial charge in [0.15, 0.2) is 0 Å². The highest BCUT2D eigenvalue weighted by Crippen LogP contribution is 2.40. The first-order chi connectivity index (χ1) is 15.0. The molecule has 8 nitrogen and oxygen atoms in total. The normalized spacial score (nSPS) is 25.0. The second-order valence-electron chi connectivity index (χ2n) is 10.5. The van der Waals surface area contributed by atoms with E-state index in [9.17, 15) is 4.79 Å². The largest absolute Gasteiger partial charge is 0.372 e. The summed E-state index contributed by atoms with van der Waals surface area (Å²) in [4.78, 5) is 25.1. The van der Waals surface area contributed by atoms with Crippen molar-refractivity contribution in [3.05, 3.63) is 34.5 Å². The van der Waals surface area contributed by atoms with Gasteiger partial charge in [-0.2, -0.15) is 0 Å². The van der Waals surface area contributed by atoms with Crippen LogP contribution in [0.4, 0.5) is 5.95 Å². The number of hydrogen-bond donors (Lipinski definition) is 1. The van der Waals surface area contributed by atoms with Gasteiger partial charge in [-0.15, -0.1) is 0 Å². The summed E-state index contributed by atoms with van der Waals surface area (Å²) in [7, 11) is 0. The summed E-state index contributed by atoms with van der Waals surface area (Å²) in [5, 5.41) is 7.33. The molecule has 1 N–H and O–H groups in total. The fourth-order valence-corrected chi connectivity index (χ4v) is 4.95. The van der Waals surface area contributed by atoms with Gasteiger partial charge in [0.25, 0.3) is 5.91 Å². The van der Waals surface area contributed by atoms with Crippen molar-refractivity contribution in [3.63, 3.8) is 0 Å². The van der Waals surface area contributed by atoms with Gasteiger partial charge in [0.1, 0.15) is 11.3 Å². The Morgan fingerprint density at radius 2 is 1.94 bits per heavy atom. The van der Waals surface area contributed by atoms with Crippen LogP contribution in [-0.4, -0.2) is 46.3 Å². The third-order valence-electron chi connectivity index (χ3n) is 6.34. The van der Waals surface area contributed by atoms with E-state index in [-0.39, 0.29) is 35.5 Å². The fourth-order valence-electron chi connectivity index (χ4n) is 4.95. The van der Waals surface area contributed by atoms with Gasteiger partial charge in [0.2, 0.25) is 5.95 Å². The molecule has 0 unspecified atom stereocenters. The lowest BCUT2D eigenvalue weighted by Gasteiger charge is -2.38. The standard InChI is InChI=1S/C24H35N5O3/c1-13(2)21-20(16(5)32-28-21)22(30)26-18-8-24(6,7)9-19-17(18)10-25-23(27-19)29-11-14(3)31-15(4)12-29/h10,13-15,18H,8-9,11-12H2,1-7H3,(H,26,30)/t14-,15+,18-/m0/s1. The van der Waals surface area contributed by atoms with Crippen molar-refractivity contribution in [2.24, 2.45) is 5.41 Å². The SMILES string of the molecule is Cc1onc(C(C)C)c1C(=O)N[C@H]1CC(C)(C)Cc2nc(N3C[C@@H](C)O[C@@H](C)C3)ncc21. The van der Waals surface area contributed by atoms with Crippen molar-refractivity contribution >= 4 is 11.9 Å². The number of carbonyl (C=O) groups excluding carboxylic acids is 1. The predicted octanol–water partition coefficient (Wildman–Crippen LogP) is 3.95. The Morgan fingerprint density at radius 3 is 2.59 bits per heavy atom.